The first-order valence-electron chi connectivity index (χ1n) is 3.50. The van der Waals surface area contributed by atoms with Gasteiger partial charge in [-0.3, -0.25) is 0 Å². The Balaban J connectivity index is 3.06. The van der Waals surface area contributed by atoms with Gasteiger partial charge >= 0.3 is 0 Å². The number of nitrogens with zero attached hydrogens (tertiary/aromatic N) is 2. The smallest absolute Gasteiger partial charge is 0.211 e. The minimum atomic E-state index is -0.965. The molecule has 0 aliphatic carbocycles. The first kappa shape index (κ1) is 9.11. The van der Waals surface area contributed by atoms with Crippen LogP contribution in [0.15, 0.2) is 29.3 Å². The molecule has 64 valence electrons. The van der Waals surface area contributed by atoms with E-state index in [0.717, 1.165) is 6.07 Å². The van der Waals surface area contributed by atoms with Gasteiger partial charge in [0, 0.05) is 0 Å². The molecule has 0 fully saturated rings. The van der Waals surface area contributed by atoms with E-state index in [9.17, 15) is 9.18 Å². The Morgan fingerprint density at radius 2 is 2.31 bits per heavy atom. The van der Waals surface area contributed by atoms with Gasteiger partial charge in [0.15, 0.2) is 6.04 Å². The highest BCUT2D eigenvalue weighted by Crippen LogP contribution is 2.16. The molecule has 0 saturated carbocycles. The van der Waals surface area contributed by atoms with Gasteiger partial charge in [0.25, 0.3) is 0 Å². The summed E-state index contributed by atoms with van der Waals surface area (Å²) in [7, 11) is 0. The van der Waals surface area contributed by atoms with E-state index in [-0.39, 0.29) is 0 Å². The molecule has 0 spiro atoms. The Morgan fingerprint density at radius 3 is 2.85 bits per heavy atom. The van der Waals surface area contributed by atoms with E-state index in [1.54, 1.807) is 6.07 Å². The van der Waals surface area contributed by atoms with Crippen LogP contribution in [0.25, 0.3) is 0 Å². The van der Waals surface area contributed by atoms with Crippen molar-refractivity contribution in [3.05, 3.63) is 35.6 Å². The van der Waals surface area contributed by atoms with Crippen LogP contribution in [-0.2, 0) is 4.79 Å². The summed E-state index contributed by atoms with van der Waals surface area (Å²) in [4.78, 5) is 13.1. The zero-order chi connectivity index (χ0) is 9.68. The average molecular weight is 176 g/mol. The maximum absolute atomic E-state index is 12.7. The Morgan fingerprint density at radius 1 is 1.54 bits per heavy atom. The van der Waals surface area contributed by atoms with Crippen molar-refractivity contribution >= 4 is 6.08 Å². The fourth-order valence-electron chi connectivity index (χ4n) is 0.907. The molecule has 4 heteroatoms. The normalized spacial score (nSPS) is 11.1. The maximum atomic E-state index is 12.7. The average Bonchev–Trinajstić information content (AvgIpc) is 2.14. The molecule has 0 radical (unpaired) electrons. The van der Waals surface area contributed by atoms with Crippen LogP contribution < -0.4 is 0 Å². The number of aliphatic imine (C=N–C) groups is 1. The van der Waals surface area contributed by atoms with Crippen LogP contribution in [0.5, 0.6) is 0 Å². The highest BCUT2D eigenvalue weighted by atomic mass is 19.1. The zero-order valence-corrected chi connectivity index (χ0v) is 6.57. The molecule has 0 heterocycles. The molecule has 0 saturated heterocycles. The lowest BCUT2D eigenvalue weighted by Crippen LogP contribution is -1.91. The Hall–Kier alpha value is -1.98. The SMILES string of the molecule is N#CC(N=C=O)c1cccc(F)c1. The van der Waals surface area contributed by atoms with E-state index in [1.165, 1.54) is 24.3 Å². The second-order valence-electron chi connectivity index (χ2n) is 2.31. The predicted octanol–water partition coefficient (Wildman–Crippen LogP) is 1.73. The minimum Gasteiger partial charge on any atom is -0.211 e. The van der Waals surface area contributed by atoms with E-state index in [1.807, 2.05) is 0 Å². The number of carbonyl (C=O) groups excluding carboxylic acids is 1. The van der Waals surface area contributed by atoms with Crippen LogP contribution in [-0.4, -0.2) is 6.08 Å². The lowest BCUT2D eigenvalue weighted by Gasteiger charge is -2.00. The van der Waals surface area contributed by atoms with Gasteiger partial charge in [-0.15, -0.1) is 0 Å². The van der Waals surface area contributed by atoms with Gasteiger partial charge in [-0.25, -0.2) is 9.18 Å². The number of isocyanates is 1. The summed E-state index contributed by atoms with van der Waals surface area (Å²) in [6, 6.07) is 6.18. The number of halogens is 1. The third kappa shape index (κ3) is 2.22. The van der Waals surface area contributed by atoms with Gasteiger partial charge in [-0.05, 0) is 17.7 Å². The van der Waals surface area contributed by atoms with Crippen LogP contribution in [0.4, 0.5) is 4.39 Å². The number of hydrogen-bond acceptors (Lipinski definition) is 3. The summed E-state index contributed by atoms with van der Waals surface area (Å²) in [5.41, 5.74) is 0.353. The van der Waals surface area contributed by atoms with Crippen LogP contribution in [0.1, 0.15) is 11.6 Å². The van der Waals surface area contributed by atoms with Gasteiger partial charge in [0.1, 0.15) is 5.82 Å². The Labute approximate surface area is 74.1 Å². The van der Waals surface area contributed by atoms with Crippen LogP contribution >= 0.6 is 0 Å². The monoisotopic (exact) mass is 176 g/mol. The number of hydrogen-bond donors (Lipinski definition) is 0. The van der Waals surface area contributed by atoms with E-state index in [0.29, 0.717) is 5.56 Å². The standard InChI is InChI=1S/C9H5FN2O/c10-8-3-1-2-7(4-8)9(5-11)12-6-13/h1-4,9H. The highest BCUT2D eigenvalue weighted by molar-refractivity contribution is 5.37. The van der Waals surface area contributed by atoms with Crippen molar-refractivity contribution in [3.8, 4) is 6.07 Å². The third-order valence-electron chi connectivity index (χ3n) is 1.47. The molecule has 1 aromatic rings. The summed E-state index contributed by atoms with van der Waals surface area (Å²) in [6.07, 6.45) is 1.27. The van der Waals surface area contributed by atoms with Gasteiger partial charge in [0.05, 0.1) is 6.07 Å². The third-order valence-corrected chi connectivity index (χ3v) is 1.47. The largest absolute Gasteiger partial charge is 0.236 e. The second kappa shape index (κ2) is 4.15. The first-order valence-corrected chi connectivity index (χ1v) is 3.50. The molecule has 13 heavy (non-hydrogen) atoms. The van der Waals surface area contributed by atoms with Crippen molar-refractivity contribution in [2.45, 2.75) is 6.04 Å². The molecule has 1 unspecified atom stereocenters. The lowest BCUT2D eigenvalue weighted by atomic mass is 10.1. The molecule has 0 amide bonds. The summed E-state index contributed by atoms with van der Waals surface area (Å²) in [5.74, 6) is -0.459. The van der Waals surface area contributed by atoms with Gasteiger partial charge < -0.3 is 0 Å². The zero-order valence-electron chi connectivity index (χ0n) is 6.57. The van der Waals surface area contributed by atoms with Crippen LogP contribution in [0, 0.1) is 17.1 Å². The van der Waals surface area contributed by atoms with Gasteiger partial charge in [-0.1, -0.05) is 12.1 Å². The maximum Gasteiger partial charge on any atom is 0.236 e. The summed E-state index contributed by atoms with van der Waals surface area (Å²) in [5, 5.41) is 8.56. The van der Waals surface area contributed by atoms with E-state index < -0.39 is 11.9 Å². The van der Waals surface area contributed by atoms with Gasteiger partial charge in [-0.2, -0.15) is 10.3 Å². The van der Waals surface area contributed by atoms with Crippen molar-refractivity contribution in [2.24, 2.45) is 4.99 Å². The topological polar surface area (TPSA) is 53.2 Å². The molecular weight excluding hydrogens is 171 g/mol. The molecule has 0 N–H and O–H groups in total. The molecule has 1 aromatic carbocycles. The minimum absolute atomic E-state index is 0.353. The Kier molecular flexibility index (Phi) is 2.91. The molecule has 1 rings (SSSR count). The molecule has 1 atom stereocenters. The first-order chi connectivity index (χ1) is 6.27. The van der Waals surface area contributed by atoms with E-state index >= 15 is 0 Å². The van der Waals surface area contributed by atoms with Crippen LogP contribution in [0.3, 0.4) is 0 Å². The lowest BCUT2D eigenvalue weighted by molar-refractivity contribution is 0.561. The fourth-order valence-corrected chi connectivity index (χ4v) is 0.907. The molecule has 0 aromatic heterocycles. The van der Waals surface area contributed by atoms with Crippen molar-refractivity contribution in [1.82, 2.24) is 0 Å². The van der Waals surface area contributed by atoms with Crippen molar-refractivity contribution in [1.29, 1.82) is 5.26 Å². The van der Waals surface area contributed by atoms with E-state index in [2.05, 4.69) is 4.99 Å². The number of rotatable bonds is 2. The molecular formula is C9H5FN2O. The van der Waals surface area contributed by atoms with Crippen molar-refractivity contribution < 1.29 is 9.18 Å². The quantitative estimate of drug-likeness (QED) is 0.509. The highest BCUT2D eigenvalue weighted by Gasteiger charge is 2.08. The molecule has 0 aliphatic rings. The Bertz CT molecular complexity index is 391. The van der Waals surface area contributed by atoms with Crippen molar-refractivity contribution in [3.63, 3.8) is 0 Å². The molecule has 0 aliphatic heterocycles. The number of nitriles is 1. The second-order valence-corrected chi connectivity index (χ2v) is 2.31. The van der Waals surface area contributed by atoms with Crippen molar-refractivity contribution in [2.75, 3.05) is 0 Å². The molecule has 0 bridgehead atoms. The summed E-state index contributed by atoms with van der Waals surface area (Å²) in [6.45, 7) is 0. The fraction of sp³-hybridized carbons (Fsp3) is 0.111. The number of benzene rings is 1. The van der Waals surface area contributed by atoms with E-state index in [4.69, 9.17) is 5.26 Å². The predicted molar refractivity (Wildman–Crippen MR) is 42.9 cm³/mol. The van der Waals surface area contributed by atoms with Crippen LogP contribution in [0.2, 0.25) is 0 Å². The van der Waals surface area contributed by atoms with Gasteiger partial charge in [0.2, 0.25) is 6.08 Å². The summed E-state index contributed by atoms with van der Waals surface area (Å²) < 4.78 is 12.7. The summed E-state index contributed by atoms with van der Waals surface area (Å²) >= 11 is 0. The molecule has 3 nitrogen and oxygen atoms in total.